The van der Waals surface area contributed by atoms with Gasteiger partial charge in [0.25, 0.3) is 5.91 Å². The Kier molecular flexibility index (Phi) is 6.35. The van der Waals surface area contributed by atoms with Crippen LogP contribution in [0.1, 0.15) is 27.0 Å². The lowest BCUT2D eigenvalue weighted by atomic mass is 9.99. The molecule has 2 aromatic carbocycles. The quantitative estimate of drug-likeness (QED) is 0.496. The van der Waals surface area contributed by atoms with E-state index >= 15 is 0 Å². The molecule has 0 bridgehead atoms. The van der Waals surface area contributed by atoms with E-state index in [1.807, 2.05) is 12.1 Å². The number of benzene rings is 2. The Morgan fingerprint density at radius 3 is 2.79 bits per heavy atom. The Balaban J connectivity index is 1.71. The highest BCUT2D eigenvalue weighted by molar-refractivity contribution is 6.34. The SMILES string of the molecule is COc1cc2c(cc1Nc1ncc(C(N)=O)c(Nc3c(F)ccc(C)c3Cl)n1)CN(C)CC2. The summed E-state index contributed by atoms with van der Waals surface area (Å²) in [5.41, 5.74) is 9.21. The second-order valence-corrected chi connectivity index (χ2v) is 8.31. The fraction of sp³-hybridized carbons (Fsp3) is 0.261. The van der Waals surface area contributed by atoms with Gasteiger partial charge in [-0.1, -0.05) is 17.7 Å². The molecular weight excluding hydrogens is 447 g/mol. The number of likely N-dealkylation sites (N-methyl/N-ethyl adjacent to an activating group) is 1. The van der Waals surface area contributed by atoms with Gasteiger partial charge >= 0.3 is 0 Å². The zero-order valence-corrected chi connectivity index (χ0v) is 19.3. The van der Waals surface area contributed by atoms with Crippen LogP contribution in [-0.4, -0.2) is 41.5 Å². The molecule has 1 aliphatic rings. The van der Waals surface area contributed by atoms with Crippen LogP contribution in [0.4, 0.5) is 27.5 Å². The number of fused-ring (bicyclic) bond motifs is 1. The molecule has 0 fully saturated rings. The van der Waals surface area contributed by atoms with Gasteiger partial charge in [0.2, 0.25) is 5.95 Å². The number of methoxy groups -OCH3 is 1. The summed E-state index contributed by atoms with van der Waals surface area (Å²) in [5, 5.41) is 6.12. The molecule has 33 heavy (non-hydrogen) atoms. The second kappa shape index (κ2) is 9.21. The number of hydrogen-bond acceptors (Lipinski definition) is 7. The van der Waals surface area contributed by atoms with Crippen LogP contribution in [0.25, 0.3) is 0 Å². The van der Waals surface area contributed by atoms with Crippen LogP contribution >= 0.6 is 11.6 Å². The number of primary amides is 1. The minimum absolute atomic E-state index is 0.00165. The minimum atomic E-state index is -0.761. The van der Waals surface area contributed by atoms with Crippen LogP contribution in [0.2, 0.25) is 5.02 Å². The lowest BCUT2D eigenvalue weighted by Gasteiger charge is -2.26. The topological polar surface area (TPSA) is 105 Å². The van der Waals surface area contributed by atoms with Crippen molar-refractivity contribution in [1.29, 1.82) is 0 Å². The number of aromatic nitrogens is 2. The first-order chi connectivity index (χ1) is 15.8. The second-order valence-electron chi connectivity index (χ2n) is 7.93. The van der Waals surface area contributed by atoms with Crippen LogP contribution < -0.4 is 21.1 Å². The van der Waals surface area contributed by atoms with Gasteiger partial charge in [-0.25, -0.2) is 9.37 Å². The third-order valence-electron chi connectivity index (χ3n) is 5.55. The molecule has 3 aromatic rings. The third-order valence-corrected chi connectivity index (χ3v) is 6.04. The molecule has 0 unspecified atom stereocenters. The van der Waals surface area contributed by atoms with Crippen molar-refractivity contribution in [2.24, 2.45) is 5.73 Å². The van der Waals surface area contributed by atoms with E-state index in [4.69, 9.17) is 22.1 Å². The average molecular weight is 471 g/mol. The summed E-state index contributed by atoms with van der Waals surface area (Å²) in [6.45, 7) is 3.54. The molecule has 10 heteroatoms. The predicted molar refractivity (Wildman–Crippen MR) is 126 cm³/mol. The summed E-state index contributed by atoms with van der Waals surface area (Å²) in [6.07, 6.45) is 2.21. The molecule has 4 N–H and O–H groups in total. The van der Waals surface area contributed by atoms with Gasteiger partial charge < -0.3 is 26.0 Å². The number of aryl methyl sites for hydroxylation is 1. The highest BCUT2D eigenvalue weighted by Gasteiger charge is 2.20. The summed E-state index contributed by atoms with van der Waals surface area (Å²) in [4.78, 5) is 22.8. The van der Waals surface area contributed by atoms with E-state index in [1.165, 1.54) is 23.4 Å². The normalized spacial score (nSPS) is 13.4. The standard InChI is InChI=1S/C23H24ClFN6O2/c1-12-4-5-16(25)20(19(12)24)29-22-15(21(26)32)10-27-23(30-22)28-17-8-14-11-31(2)7-6-13(14)9-18(17)33-3/h4-5,8-10H,6-7,11H2,1-3H3,(H2,26,32)(H2,27,28,29,30). The summed E-state index contributed by atoms with van der Waals surface area (Å²) in [5.74, 6) is -0.502. The van der Waals surface area contributed by atoms with Gasteiger partial charge in [0.1, 0.15) is 22.9 Å². The van der Waals surface area contributed by atoms with E-state index in [2.05, 4.69) is 32.5 Å². The monoisotopic (exact) mass is 470 g/mol. The Hall–Kier alpha value is -3.43. The molecule has 8 nitrogen and oxygen atoms in total. The number of rotatable bonds is 6. The first kappa shape index (κ1) is 22.8. The Labute approximate surface area is 195 Å². The Morgan fingerprint density at radius 1 is 1.27 bits per heavy atom. The van der Waals surface area contributed by atoms with Gasteiger partial charge in [-0.05, 0) is 55.3 Å². The van der Waals surface area contributed by atoms with E-state index < -0.39 is 11.7 Å². The van der Waals surface area contributed by atoms with E-state index in [9.17, 15) is 9.18 Å². The van der Waals surface area contributed by atoms with E-state index in [0.717, 1.165) is 19.5 Å². The van der Waals surface area contributed by atoms with Gasteiger partial charge in [0.15, 0.2) is 0 Å². The molecule has 0 spiro atoms. The van der Waals surface area contributed by atoms with E-state index in [0.29, 0.717) is 17.0 Å². The number of ether oxygens (including phenoxy) is 1. The maximum absolute atomic E-state index is 14.4. The molecular formula is C23H24ClFN6O2. The van der Waals surface area contributed by atoms with Gasteiger partial charge in [0.05, 0.1) is 23.5 Å². The van der Waals surface area contributed by atoms with Crippen LogP contribution in [0, 0.1) is 12.7 Å². The number of nitrogens with two attached hydrogens (primary N) is 1. The van der Waals surface area contributed by atoms with Crippen molar-refractivity contribution < 1.29 is 13.9 Å². The van der Waals surface area contributed by atoms with Crippen molar-refractivity contribution in [1.82, 2.24) is 14.9 Å². The molecule has 0 aliphatic carbocycles. The fourth-order valence-corrected chi connectivity index (χ4v) is 3.92. The van der Waals surface area contributed by atoms with Crippen molar-refractivity contribution in [2.45, 2.75) is 19.9 Å². The number of halogens is 2. The molecule has 1 amide bonds. The highest BCUT2D eigenvalue weighted by Crippen LogP contribution is 2.34. The van der Waals surface area contributed by atoms with Crippen molar-refractivity contribution in [3.8, 4) is 5.75 Å². The molecule has 0 saturated carbocycles. The zero-order valence-electron chi connectivity index (χ0n) is 18.5. The number of hydrogen-bond donors (Lipinski definition) is 3. The van der Waals surface area contributed by atoms with Crippen LogP contribution in [0.15, 0.2) is 30.5 Å². The molecule has 0 radical (unpaired) electrons. The number of carbonyl (C=O) groups excluding carboxylic acids is 1. The maximum atomic E-state index is 14.4. The highest BCUT2D eigenvalue weighted by atomic mass is 35.5. The molecule has 172 valence electrons. The number of carbonyl (C=O) groups is 1. The Morgan fingerprint density at radius 2 is 2.06 bits per heavy atom. The number of amides is 1. The van der Waals surface area contributed by atoms with Gasteiger partial charge in [0, 0.05) is 19.3 Å². The van der Waals surface area contributed by atoms with E-state index in [-0.39, 0.29) is 28.0 Å². The third kappa shape index (κ3) is 4.69. The number of anilines is 4. The zero-order chi connectivity index (χ0) is 23.7. The smallest absolute Gasteiger partial charge is 0.254 e. The molecule has 2 heterocycles. The molecule has 0 atom stereocenters. The Bertz CT molecular complexity index is 1240. The first-order valence-corrected chi connectivity index (χ1v) is 10.7. The van der Waals surface area contributed by atoms with Crippen LogP contribution in [-0.2, 0) is 13.0 Å². The summed E-state index contributed by atoms with van der Waals surface area (Å²) in [6, 6.07) is 6.84. The lowest BCUT2D eigenvalue weighted by molar-refractivity contribution is 0.100. The summed E-state index contributed by atoms with van der Waals surface area (Å²) >= 11 is 6.27. The average Bonchev–Trinajstić information content (AvgIpc) is 2.78. The van der Waals surface area contributed by atoms with Crippen LogP contribution in [0.5, 0.6) is 5.75 Å². The minimum Gasteiger partial charge on any atom is -0.495 e. The van der Waals surface area contributed by atoms with Crippen molar-refractivity contribution in [3.05, 3.63) is 63.6 Å². The maximum Gasteiger partial charge on any atom is 0.254 e. The molecule has 4 rings (SSSR count). The number of nitrogens with zero attached hydrogens (tertiary/aromatic N) is 3. The summed E-state index contributed by atoms with van der Waals surface area (Å²) in [7, 11) is 3.66. The molecule has 1 aromatic heterocycles. The molecule has 0 saturated heterocycles. The van der Waals surface area contributed by atoms with E-state index in [1.54, 1.807) is 20.1 Å². The fourth-order valence-electron chi connectivity index (χ4n) is 3.72. The van der Waals surface area contributed by atoms with Crippen molar-refractivity contribution in [2.75, 3.05) is 31.3 Å². The lowest BCUT2D eigenvalue weighted by Crippen LogP contribution is -2.26. The van der Waals surface area contributed by atoms with Crippen molar-refractivity contribution in [3.63, 3.8) is 0 Å². The summed E-state index contributed by atoms with van der Waals surface area (Å²) < 4.78 is 20.0. The largest absolute Gasteiger partial charge is 0.495 e. The van der Waals surface area contributed by atoms with Gasteiger partial charge in [-0.3, -0.25) is 4.79 Å². The predicted octanol–water partition coefficient (Wildman–Crippen LogP) is 4.16. The van der Waals surface area contributed by atoms with Gasteiger partial charge in [-0.2, -0.15) is 4.98 Å². The first-order valence-electron chi connectivity index (χ1n) is 10.3. The number of nitrogens with one attached hydrogen (secondary N) is 2. The molecule has 1 aliphatic heterocycles. The van der Waals surface area contributed by atoms with Crippen LogP contribution in [0.3, 0.4) is 0 Å². The van der Waals surface area contributed by atoms with Crippen molar-refractivity contribution >= 4 is 40.6 Å². The van der Waals surface area contributed by atoms with Gasteiger partial charge in [-0.15, -0.1) is 0 Å².